The van der Waals surface area contributed by atoms with Crippen LogP contribution in [-0.4, -0.2) is 15.8 Å². The van der Waals surface area contributed by atoms with Gasteiger partial charge >= 0.3 is 0 Å². The van der Waals surface area contributed by atoms with E-state index in [0.29, 0.717) is 0 Å². The Morgan fingerprint density at radius 3 is 1.21 bits per heavy atom. The van der Waals surface area contributed by atoms with Crippen LogP contribution in [0.15, 0.2) is 255 Å². The minimum absolute atomic E-state index is 0.00734. The maximum absolute atomic E-state index is 2.59. The van der Waals surface area contributed by atoms with E-state index in [0.717, 1.165) is 28.4 Å². The SMILES string of the molecule is CC(C)(C)c1ccc(N2c3cc(-n4c5ccccc5c5ccccc54)ccc3B3c4ccc(-n5c6ccccc6c6ccccc65)cc4N(c4ccc(-c5ccccc5)cc4)c4ccc(-c5ccccc5)c2c43)cc1. The quantitative estimate of drug-likeness (QED) is 0.154. The van der Waals surface area contributed by atoms with E-state index in [-0.39, 0.29) is 12.1 Å². The van der Waals surface area contributed by atoms with Crippen molar-refractivity contribution in [3.8, 4) is 33.6 Å². The number of aromatic nitrogens is 2. The van der Waals surface area contributed by atoms with E-state index in [4.69, 9.17) is 0 Å². The lowest BCUT2D eigenvalue weighted by Crippen LogP contribution is -2.61. The highest BCUT2D eigenvalue weighted by molar-refractivity contribution is 7.00. The van der Waals surface area contributed by atoms with Crippen molar-refractivity contribution in [2.75, 3.05) is 9.80 Å². The molecule has 0 N–H and O–H groups in total. The van der Waals surface area contributed by atoms with Crippen LogP contribution in [0.1, 0.15) is 26.3 Å². The number of rotatable bonds is 6. The van der Waals surface area contributed by atoms with Gasteiger partial charge in [0.25, 0.3) is 6.71 Å². The fourth-order valence-electron chi connectivity index (χ4n) is 12.6. The molecule has 4 nitrogen and oxygen atoms in total. The summed E-state index contributed by atoms with van der Waals surface area (Å²) >= 11 is 0. The number of fused-ring (bicyclic) bond motifs is 10. The first-order valence-electron chi connectivity index (χ1n) is 26.2. The molecule has 11 aromatic carbocycles. The normalized spacial score (nSPS) is 12.9. The van der Waals surface area contributed by atoms with Crippen LogP contribution in [-0.2, 0) is 5.41 Å². The van der Waals surface area contributed by atoms with E-state index in [1.54, 1.807) is 0 Å². The van der Waals surface area contributed by atoms with Gasteiger partial charge in [-0.2, -0.15) is 0 Å². The number of benzene rings is 11. The predicted molar refractivity (Wildman–Crippen MR) is 319 cm³/mol. The molecule has 2 aliphatic heterocycles. The Morgan fingerprint density at radius 2 is 0.720 bits per heavy atom. The van der Waals surface area contributed by atoms with Crippen molar-refractivity contribution < 1.29 is 0 Å². The van der Waals surface area contributed by atoms with Crippen molar-refractivity contribution in [3.63, 3.8) is 0 Å². The summed E-state index contributed by atoms with van der Waals surface area (Å²) in [5, 5.41) is 5.00. The monoisotopic (exact) mass is 958 g/mol. The van der Waals surface area contributed by atoms with Gasteiger partial charge < -0.3 is 18.9 Å². The first-order valence-corrected chi connectivity index (χ1v) is 26.2. The molecular formula is C70H51BN4. The van der Waals surface area contributed by atoms with Crippen LogP contribution in [0.3, 0.4) is 0 Å². The number of hydrogen-bond acceptors (Lipinski definition) is 2. The average molecular weight is 959 g/mol. The summed E-state index contributed by atoms with van der Waals surface area (Å²) in [6, 6.07) is 94.9. The average Bonchev–Trinajstić information content (AvgIpc) is 4.02. The second-order valence-corrected chi connectivity index (χ2v) is 21.3. The van der Waals surface area contributed by atoms with Crippen molar-refractivity contribution in [1.82, 2.24) is 9.13 Å². The zero-order chi connectivity index (χ0) is 49.9. The first kappa shape index (κ1) is 43.3. The summed E-state index contributed by atoms with van der Waals surface area (Å²) in [4.78, 5) is 5.13. The van der Waals surface area contributed by atoms with E-state index in [1.165, 1.54) is 105 Å². The summed E-state index contributed by atoms with van der Waals surface area (Å²) in [6.07, 6.45) is 0. The summed E-state index contributed by atoms with van der Waals surface area (Å²) < 4.78 is 4.92. The molecule has 0 bridgehead atoms. The third-order valence-electron chi connectivity index (χ3n) is 16.1. The zero-order valence-corrected chi connectivity index (χ0v) is 42.1. The lowest BCUT2D eigenvalue weighted by Gasteiger charge is -2.45. The van der Waals surface area contributed by atoms with Gasteiger partial charge in [0, 0.05) is 66.9 Å². The van der Waals surface area contributed by atoms with E-state index in [1.807, 2.05) is 0 Å². The molecule has 2 aliphatic rings. The third-order valence-corrected chi connectivity index (χ3v) is 16.1. The van der Waals surface area contributed by atoms with Crippen LogP contribution >= 0.6 is 0 Å². The van der Waals surface area contributed by atoms with Crippen LogP contribution in [0.4, 0.5) is 34.1 Å². The van der Waals surface area contributed by atoms with Crippen LogP contribution in [0.2, 0.25) is 0 Å². The zero-order valence-electron chi connectivity index (χ0n) is 42.1. The molecule has 0 atom stereocenters. The van der Waals surface area contributed by atoms with Gasteiger partial charge in [-0.15, -0.1) is 0 Å². The molecule has 0 fully saturated rings. The molecule has 0 spiro atoms. The van der Waals surface area contributed by atoms with Crippen molar-refractivity contribution in [3.05, 3.63) is 260 Å². The molecule has 0 aliphatic carbocycles. The molecule has 0 radical (unpaired) electrons. The molecule has 5 heteroatoms. The van der Waals surface area contributed by atoms with E-state index in [9.17, 15) is 0 Å². The van der Waals surface area contributed by atoms with Crippen LogP contribution < -0.4 is 26.2 Å². The van der Waals surface area contributed by atoms with Gasteiger partial charge in [0.1, 0.15) is 0 Å². The maximum atomic E-state index is 2.59. The Morgan fingerprint density at radius 1 is 0.320 bits per heavy atom. The Balaban J connectivity index is 1.04. The van der Waals surface area contributed by atoms with Gasteiger partial charge in [-0.3, -0.25) is 0 Å². The predicted octanol–water partition coefficient (Wildman–Crippen LogP) is 16.6. The Bertz CT molecular complexity index is 4280. The molecule has 75 heavy (non-hydrogen) atoms. The van der Waals surface area contributed by atoms with Crippen molar-refractivity contribution in [1.29, 1.82) is 0 Å². The summed E-state index contributed by atoms with van der Waals surface area (Å²) in [7, 11) is 0. The molecule has 2 aromatic heterocycles. The first-order chi connectivity index (χ1) is 36.9. The van der Waals surface area contributed by atoms with Gasteiger partial charge in [0.2, 0.25) is 0 Å². The molecular weight excluding hydrogens is 908 g/mol. The summed E-state index contributed by atoms with van der Waals surface area (Å²) in [6.45, 7) is 6.79. The highest BCUT2D eigenvalue weighted by atomic mass is 15.2. The topological polar surface area (TPSA) is 16.3 Å². The van der Waals surface area contributed by atoms with Crippen LogP contribution in [0.5, 0.6) is 0 Å². The summed E-state index contributed by atoms with van der Waals surface area (Å²) in [5.41, 5.74) is 23.8. The lowest BCUT2D eigenvalue weighted by molar-refractivity contribution is 0.590. The largest absolute Gasteiger partial charge is 0.311 e. The Labute approximate surface area is 437 Å². The highest BCUT2D eigenvalue weighted by Gasteiger charge is 2.45. The van der Waals surface area contributed by atoms with E-state index >= 15 is 0 Å². The minimum atomic E-state index is -0.104. The Kier molecular flexibility index (Phi) is 9.58. The molecule has 0 unspecified atom stereocenters. The number of anilines is 6. The smallest absolute Gasteiger partial charge is 0.252 e. The van der Waals surface area contributed by atoms with E-state index < -0.39 is 0 Å². The van der Waals surface area contributed by atoms with Gasteiger partial charge in [-0.1, -0.05) is 197 Å². The maximum Gasteiger partial charge on any atom is 0.252 e. The van der Waals surface area contributed by atoms with E-state index in [2.05, 4.69) is 294 Å². The number of nitrogens with zero attached hydrogens (tertiary/aromatic N) is 4. The van der Waals surface area contributed by atoms with Crippen molar-refractivity contribution >= 4 is 101 Å². The van der Waals surface area contributed by atoms with Crippen molar-refractivity contribution in [2.45, 2.75) is 26.2 Å². The van der Waals surface area contributed by atoms with Crippen LogP contribution in [0, 0.1) is 0 Å². The van der Waals surface area contributed by atoms with Gasteiger partial charge in [-0.25, -0.2) is 0 Å². The standard InChI is InChI=1S/C70H51BN4/c1-70(2,3)49-32-36-51(37-33-49)75-67-45-53(74-63-28-16-12-24-57(63)58-25-13-17-29-64(58)74)39-42-60(67)71-59-41-38-52(73-61-26-14-10-22-55(61)56-23-11-15-27-62(56)73)44-66(59)72(50-34-30-47(31-35-50)46-18-6-4-7-19-46)65-43-40-54(69(75)68(65)71)48-20-8-5-9-21-48/h4-45H,1-3H3. The highest BCUT2D eigenvalue weighted by Crippen LogP contribution is 2.49. The lowest BCUT2D eigenvalue weighted by atomic mass is 9.33. The van der Waals surface area contributed by atoms with Gasteiger partial charge in [0.15, 0.2) is 0 Å². The fourth-order valence-corrected chi connectivity index (χ4v) is 12.6. The molecule has 0 saturated heterocycles. The second-order valence-electron chi connectivity index (χ2n) is 21.3. The molecule has 0 saturated carbocycles. The third kappa shape index (κ3) is 6.64. The minimum Gasteiger partial charge on any atom is -0.311 e. The Hall–Kier alpha value is -9.32. The van der Waals surface area contributed by atoms with Gasteiger partial charge in [0.05, 0.1) is 27.8 Å². The number of para-hydroxylation sites is 4. The molecule has 354 valence electrons. The molecule has 15 rings (SSSR count). The number of hydrogen-bond donors (Lipinski definition) is 0. The fraction of sp³-hybridized carbons (Fsp3) is 0.0571. The van der Waals surface area contributed by atoms with Gasteiger partial charge in [-0.05, 0) is 123 Å². The second kappa shape index (κ2) is 16.6. The van der Waals surface area contributed by atoms with Crippen molar-refractivity contribution in [2.24, 2.45) is 0 Å². The van der Waals surface area contributed by atoms with Crippen LogP contribution in [0.25, 0.3) is 77.2 Å². The molecule has 0 amide bonds. The summed E-state index contributed by atoms with van der Waals surface area (Å²) in [5.74, 6) is 0. The molecule has 4 heterocycles. The molecule has 13 aromatic rings.